The molecule has 0 bridgehead atoms. The van der Waals surface area contributed by atoms with Crippen LogP contribution < -0.4 is 0 Å². The predicted molar refractivity (Wildman–Crippen MR) is 217 cm³/mol. The molecule has 298 valence electrons. The van der Waals surface area contributed by atoms with E-state index >= 15 is 0 Å². The van der Waals surface area contributed by atoms with Gasteiger partial charge in [-0.15, -0.1) is 0 Å². The van der Waals surface area contributed by atoms with E-state index in [1.807, 2.05) is 107 Å². The Kier molecular flexibility index (Phi) is 12.7. The van der Waals surface area contributed by atoms with Crippen LogP contribution >= 0.6 is 0 Å². The number of carbonyl (C=O) groups is 2. The third-order valence-electron chi connectivity index (χ3n) is 11.2. The number of likely N-dealkylation sites (tertiary alicyclic amines) is 1. The summed E-state index contributed by atoms with van der Waals surface area (Å²) in [5, 5.41) is 23.1. The monoisotopic (exact) mass is 736 g/mol. The maximum Gasteiger partial charge on any atom is 0.324 e. The maximum atomic E-state index is 15.0. The number of nitrogens with zero attached hydrogens (tertiary/aromatic N) is 1. The molecule has 1 aliphatic rings. The van der Waals surface area contributed by atoms with Gasteiger partial charge in [-0.05, 0) is 122 Å². The van der Waals surface area contributed by atoms with Gasteiger partial charge in [-0.1, -0.05) is 107 Å². The summed E-state index contributed by atoms with van der Waals surface area (Å²) in [5.74, 6) is -0.816. The number of benzene rings is 2. The zero-order valence-electron chi connectivity index (χ0n) is 36.4. The average Bonchev–Trinajstić information content (AvgIpc) is 2.97. The third-order valence-corrected chi connectivity index (χ3v) is 11.2. The number of phenolic OH excluding ortho intramolecular Hbond substituents is 2. The summed E-state index contributed by atoms with van der Waals surface area (Å²) in [6, 6.07) is 7.73. The van der Waals surface area contributed by atoms with Crippen LogP contribution in [-0.4, -0.2) is 57.9 Å². The van der Waals surface area contributed by atoms with E-state index in [0.29, 0.717) is 6.54 Å². The zero-order chi connectivity index (χ0) is 40.8. The molecule has 0 amide bonds. The number of rotatable bonds is 10. The lowest BCUT2D eigenvalue weighted by atomic mass is 9.71. The van der Waals surface area contributed by atoms with Crippen LogP contribution in [0.4, 0.5) is 0 Å². The first kappa shape index (κ1) is 44.3. The van der Waals surface area contributed by atoms with Gasteiger partial charge in [-0.2, -0.15) is 0 Å². The fraction of sp³-hybridized carbons (Fsp3) is 0.696. The molecular formula is C46H73NO6. The van der Waals surface area contributed by atoms with Gasteiger partial charge in [0.15, 0.2) is 5.41 Å². The number of piperidine rings is 1. The first-order valence-electron chi connectivity index (χ1n) is 19.7. The topological polar surface area (TPSA) is 96.3 Å². The second-order valence-corrected chi connectivity index (χ2v) is 21.0. The number of hydrogen-bond donors (Lipinski definition) is 2. The molecule has 7 nitrogen and oxygen atoms in total. The van der Waals surface area contributed by atoms with Crippen LogP contribution in [0.15, 0.2) is 24.3 Å². The summed E-state index contributed by atoms with van der Waals surface area (Å²) in [4.78, 5) is 32.0. The summed E-state index contributed by atoms with van der Waals surface area (Å²) in [7, 11) is 0. The van der Waals surface area contributed by atoms with Gasteiger partial charge in [0.2, 0.25) is 0 Å². The van der Waals surface area contributed by atoms with Crippen molar-refractivity contribution in [2.75, 3.05) is 19.8 Å². The highest BCUT2D eigenvalue weighted by Crippen LogP contribution is 2.45. The molecule has 0 spiro atoms. The molecule has 7 heteroatoms. The molecule has 2 N–H and O–H groups in total. The highest BCUT2D eigenvalue weighted by atomic mass is 16.6. The SMILES string of the molecule is CCOC(=O)C(Cc1cc(C(C)(C)C)c(O)c(C(C)(C)C)c1)(Cc1cc(C(C)(C)C)c(O)c(C(C)(C)C)c1)C(=O)OCCN1C(C)(C)CCCC1(C)C. The van der Waals surface area contributed by atoms with Gasteiger partial charge in [-0.3, -0.25) is 14.5 Å². The van der Waals surface area contributed by atoms with Crippen molar-refractivity contribution < 1.29 is 29.3 Å². The van der Waals surface area contributed by atoms with E-state index in [4.69, 9.17) is 9.47 Å². The second-order valence-electron chi connectivity index (χ2n) is 21.0. The van der Waals surface area contributed by atoms with E-state index in [1.54, 1.807) is 6.92 Å². The van der Waals surface area contributed by atoms with E-state index in [1.165, 1.54) is 0 Å². The van der Waals surface area contributed by atoms with Gasteiger partial charge < -0.3 is 19.7 Å². The molecule has 0 aliphatic carbocycles. The fourth-order valence-electron chi connectivity index (χ4n) is 8.30. The van der Waals surface area contributed by atoms with E-state index in [0.717, 1.165) is 52.6 Å². The van der Waals surface area contributed by atoms with Crippen molar-refractivity contribution in [2.45, 2.75) is 183 Å². The molecule has 0 unspecified atom stereocenters. The number of aromatic hydroxyl groups is 2. The molecule has 2 aromatic rings. The number of hydrogen-bond acceptors (Lipinski definition) is 7. The molecule has 0 aromatic heterocycles. The van der Waals surface area contributed by atoms with E-state index < -0.39 is 39.0 Å². The van der Waals surface area contributed by atoms with Crippen LogP contribution in [0, 0.1) is 5.41 Å². The first-order chi connectivity index (χ1) is 23.9. The van der Waals surface area contributed by atoms with Crippen molar-refractivity contribution in [3.05, 3.63) is 57.6 Å². The minimum Gasteiger partial charge on any atom is -0.507 e. The lowest BCUT2D eigenvalue weighted by Gasteiger charge is -2.53. The number of ether oxygens (including phenoxy) is 2. The largest absolute Gasteiger partial charge is 0.507 e. The molecule has 1 aliphatic heterocycles. The zero-order valence-corrected chi connectivity index (χ0v) is 36.4. The van der Waals surface area contributed by atoms with Gasteiger partial charge in [0.25, 0.3) is 0 Å². The van der Waals surface area contributed by atoms with Gasteiger partial charge >= 0.3 is 11.9 Å². The molecule has 1 fully saturated rings. The first-order valence-corrected chi connectivity index (χ1v) is 19.7. The number of esters is 2. The minimum atomic E-state index is -1.76. The summed E-state index contributed by atoms with van der Waals surface area (Å²) in [6.45, 7) is 36.1. The normalized spacial score (nSPS) is 17.1. The highest BCUT2D eigenvalue weighted by Gasteiger charge is 2.50. The Balaban J connectivity index is 2.32. The van der Waals surface area contributed by atoms with Crippen LogP contribution in [0.25, 0.3) is 0 Å². The Morgan fingerprint density at radius 3 is 1.25 bits per heavy atom. The Labute approximate surface area is 322 Å². The molecule has 1 heterocycles. The molecule has 0 atom stereocenters. The summed E-state index contributed by atoms with van der Waals surface area (Å²) < 4.78 is 12.1. The van der Waals surface area contributed by atoms with Gasteiger partial charge in [0, 0.05) is 17.6 Å². The van der Waals surface area contributed by atoms with Crippen molar-refractivity contribution >= 4 is 11.9 Å². The minimum absolute atomic E-state index is 0.00832. The van der Waals surface area contributed by atoms with Crippen LogP contribution in [0.5, 0.6) is 11.5 Å². The number of carbonyl (C=O) groups excluding carboxylic acids is 2. The van der Waals surface area contributed by atoms with Crippen molar-refractivity contribution in [2.24, 2.45) is 5.41 Å². The molecule has 3 rings (SSSR count). The van der Waals surface area contributed by atoms with E-state index in [-0.39, 0.29) is 48.6 Å². The lowest BCUT2D eigenvalue weighted by molar-refractivity contribution is -0.173. The average molecular weight is 736 g/mol. The molecule has 0 radical (unpaired) electrons. The quantitative estimate of drug-likeness (QED) is 0.185. The second kappa shape index (κ2) is 15.2. The van der Waals surface area contributed by atoms with Gasteiger partial charge in [-0.25, -0.2) is 0 Å². The van der Waals surface area contributed by atoms with Crippen molar-refractivity contribution in [1.82, 2.24) is 4.90 Å². The van der Waals surface area contributed by atoms with Crippen LogP contribution in [-0.2, 0) is 53.6 Å². The molecule has 53 heavy (non-hydrogen) atoms. The summed E-state index contributed by atoms with van der Waals surface area (Å²) >= 11 is 0. The van der Waals surface area contributed by atoms with Gasteiger partial charge in [0.05, 0.1) is 6.61 Å². The van der Waals surface area contributed by atoms with Gasteiger partial charge in [0.1, 0.15) is 18.1 Å². The summed E-state index contributed by atoms with van der Waals surface area (Å²) in [6.07, 6.45) is 3.26. The Hall–Kier alpha value is -3.06. The smallest absolute Gasteiger partial charge is 0.324 e. The fourth-order valence-corrected chi connectivity index (χ4v) is 8.30. The van der Waals surface area contributed by atoms with E-state index in [2.05, 4.69) is 32.6 Å². The van der Waals surface area contributed by atoms with Crippen molar-refractivity contribution in [1.29, 1.82) is 0 Å². The van der Waals surface area contributed by atoms with Crippen LogP contribution in [0.3, 0.4) is 0 Å². The Bertz CT molecular complexity index is 1470. The Morgan fingerprint density at radius 2 is 0.943 bits per heavy atom. The predicted octanol–water partition coefficient (Wildman–Crippen LogP) is 10.2. The molecule has 2 aromatic carbocycles. The van der Waals surface area contributed by atoms with E-state index in [9.17, 15) is 19.8 Å². The number of phenols is 2. The lowest BCUT2D eigenvalue weighted by Crippen LogP contribution is -2.59. The van der Waals surface area contributed by atoms with Crippen molar-refractivity contribution in [3.63, 3.8) is 0 Å². The molecule has 1 saturated heterocycles. The van der Waals surface area contributed by atoms with Crippen LogP contribution in [0.2, 0.25) is 0 Å². The van der Waals surface area contributed by atoms with Crippen LogP contribution in [0.1, 0.15) is 170 Å². The van der Waals surface area contributed by atoms with Crippen molar-refractivity contribution in [3.8, 4) is 11.5 Å². The summed E-state index contributed by atoms with van der Waals surface area (Å²) in [5.41, 5.74) is 0.917. The standard InChI is InChI=1S/C46H73NO6/c1-18-52-38(50)46(39(51)53-23-22-47-44(14,15)20-19-21-45(47,16)17,28-30-24-32(40(2,3)4)36(48)33(25-30)41(5,6)7)29-31-26-34(42(8,9)10)37(49)35(27-31)43(11,12)13/h24-27,48-49H,18-23,28-29H2,1-17H3. The molecule has 0 saturated carbocycles. The third kappa shape index (κ3) is 9.98. The molecular weight excluding hydrogens is 663 g/mol. The maximum absolute atomic E-state index is 15.0. The highest BCUT2D eigenvalue weighted by molar-refractivity contribution is 6.01. The Morgan fingerprint density at radius 1 is 0.623 bits per heavy atom.